The number of anilines is 1. The minimum atomic E-state index is -0.0165. The van der Waals surface area contributed by atoms with Gasteiger partial charge in [0.25, 0.3) is 0 Å². The quantitative estimate of drug-likeness (QED) is 0.907. The molecule has 0 saturated carbocycles. The molecule has 0 spiro atoms. The third-order valence-electron chi connectivity index (χ3n) is 4.31. The SMILES string of the molecule is CC(C)(C)NCc1ccc(NC(=O)C2Cc3cccnc3C2)cc1. The van der Waals surface area contributed by atoms with E-state index in [-0.39, 0.29) is 17.4 Å². The van der Waals surface area contributed by atoms with Crippen molar-refractivity contribution in [3.05, 3.63) is 59.4 Å². The van der Waals surface area contributed by atoms with Gasteiger partial charge in [-0.2, -0.15) is 0 Å². The second kappa shape index (κ2) is 6.73. The zero-order valence-electron chi connectivity index (χ0n) is 14.6. The number of benzene rings is 1. The van der Waals surface area contributed by atoms with Gasteiger partial charge in [-0.1, -0.05) is 18.2 Å². The molecule has 1 aliphatic carbocycles. The molecule has 0 saturated heterocycles. The largest absolute Gasteiger partial charge is 0.326 e. The van der Waals surface area contributed by atoms with E-state index in [1.807, 2.05) is 18.2 Å². The molecule has 1 unspecified atom stereocenters. The normalized spacial score (nSPS) is 16.7. The van der Waals surface area contributed by atoms with E-state index < -0.39 is 0 Å². The molecule has 1 aromatic carbocycles. The monoisotopic (exact) mass is 323 g/mol. The predicted molar refractivity (Wildman–Crippen MR) is 96.8 cm³/mol. The van der Waals surface area contributed by atoms with Gasteiger partial charge in [0.2, 0.25) is 5.91 Å². The Balaban J connectivity index is 1.56. The van der Waals surface area contributed by atoms with Gasteiger partial charge in [0, 0.05) is 42.0 Å². The molecule has 1 amide bonds. The van der Waals surface area contributed by atoms with Crippen molar-refractivity contribution in [3.8, 4) is 0 Å². The fraction of sp³-hybridized carbons (Fsp3) is 0.400. The van der Waals surface area contributed by atoms with Crippen LogP contribution in [0.1, 0.15) is 37.6 Å². The summed E-state index contributed by atoms with van der Waals surface area (Å²) in [6.45, 7) is 7.27. The first-order chi connectivity index (χ1) is 11.4. The van der Waals surface area contributed by atoms with Gasteiger partial charge in [0.05, 0.1) is 0 Å². The van der Waals surface area contributed by atoms with Crippen LogP contribution in [0.3, 0.4) is 0 Å². The maximum Gasteiger partial charge on any atom is 0.228 e. The molecule has 2 aromatic rings. The molecule has 1 heterocycles. The van der Waals surface area contributed by atoms with E-state index in [0.717, 1.165) is 30.8 Å². The minimum Gasteiger partial charge on any atom is -0.326 e. The molecule has 126 valence electrons. The number of pyridine rings is 1. The van der Waals surface area contributed by atoms with Crippen molar-refractivity contribution >= 4 is 11.6 Å². The summed E-state index contributed by atoms with van der Waals surface area (Å²) in [5.41, 5.74) is 4.41. The fourth-order valence-corrected chi connectivity index (χ4v) is 2.91. The molecule has 4 nitrogen and oxygen atoms in total. The van der Waals surface area contributed by atoms with Crippen LogP contribution in [0.2, 0.25) is 0 Å². The molecule has 1 aromatic heterocycles. The van der Waals surface area contributed by atoms with Crippen LogP contribution in [0.4, 0.5) is 5.69 Å². The topological polar surface area (TPSA) is 54.0 Å². The number of carbonyl (C=O) groups excluding carboxylic acids is 1. The first-order valence-electron chi connectivity index (χ1n) is 8.48. The van der Waals surface area contributed by atoms with Crippen LogP contribution >= 0.6 is 0 Å². The zero-order chi connectivity index (χ0) is 17.2. The van der Waals surface area contributed by atoms with Crippen molar-refractivity contribution in [3.63, 3.8) is 0 Å². The molecule has 0 bridgehead atoms. The summed E-state index contributed by atoms with van der Waals surface area (Å²) in [4.78, 5) is 16.8. The summed E-state index contributed by atoms with van der Waals surface area (Å²) >= 11 is 0. The number of hydrogen-bond acceptors (Lipinski definition) is 3. The number of aromatic nitrogens is 1. The van der Waals surface area contributed by atoms with Gasteiger partial charge >= 0.3 is 0 Å². The standard InChI is InChI=1S/C20H25N3O/c1-20(2,3)22-13-14-6-8-17(9-7-14)23-19(24)16-11-15-5-4-10-21-18(15)12-16/h4-10,16,22H,11-13H2,1-3H3,(H,23,24). The summed E-state index contributed by atoms with van der Waals surface area (Å²) in [5, 5.41) is 6.49. The van der Waals surface area contributed by atoms with Crippen molar-refractivity contribution in [2.24, 2.45) is 5.92 Å². The van der Waals surface area contributed by atoms with E-state index in [4.69, 9.17) is 0 Å². The number of nitrogens with one attached hydrogen (secondary N) is 2. The van der Waals surface area contributed by atoms with Crippen molar-refractivity contribution in [1.82, 2.24) is 10.3 Å². The van der Waals surface area contributed by atoms with Crippen LogP contribution in [0.25, 0.3) is 0 Å². The van der Waals surface area contributed by atoms with E-state index in [1.165, 1.54) is 11.1 Å². The van der Waals surface area contributed by atoms with Gasteiger partial charge in [-0.15, -0.1) is 0 Å². The van der Waals surface area contributed by atoms with Gasteiger partial charge in [-0.25, -0.2) is 0 Å². The molecule has 4 heteroatoms. The van der Waals surface area contributed by atoms with Crippen LogP contribution in [0.15, 0.2) is 42.6 Å². The van der Waals surface area contributed by atoms with Crippen molar-refractivity contribution in [1.29, 1.82) is 0 Å². The highest BCUT2D eigenvalue weighted by molar-refractivity contribution is 5.93. The molecule has 24 heavy (non-hydrogen) atoms. The summed E-state index contributed by atoms with van der Waals surface area (Å²) in [6.07, 6.45) is 3.31. The Kier molecular flexibility index (Phi) is 4.67. The summed E-state index contributed by atoms with van der Waals surface area (Å²) in [7, 11) is 0. The Morgan fingerprint density at radius 1 is 1.17 bits per heavy atom. The molecule has 0 aliphatic heterocycles. The van der Waals surface area contributed by atoms with Gasteiger partial charge in [-0.3, -0.25) is 9.78 Å². The smallest absolute Gasteiger partial charge is 0.228 e. The van der Waals surface area contributed by atoms with Gasteiger partial charge in [0.1, 0.15) is 0 Å². The van der Waals surface area contributed by atoms with Crippen LogP contribution in [0.5, 0.6) is 0 Å². The fourth-order valence-electron chi connectivity index (χ4n) is 2.91. The Bertz CT molecular complexity index is 691. The number of rotatable bonds is 4. The molecule has 0 fully saturated rings. The lowest BCUT2D eigenvalue weighted by molar-refractivity contribution is -0.119. The van der Waals surface area contributed by atoms with Crippen molar-refractivity contribution in [2.45, 2.75) is 45.7 Å². The van der Waals surface area contributed by atoms with Crippen LogP contribution in [-0.2, 0) is 24.2 Å². The third-order valence-corrected chi connectivity index (χ3v) is 4.31. The molecule has 2 N–H and O–H groups in total. The van der Waals surface area contributed by atoms with Crippen molar-refractivity contribution < 1.29 is 4.79 Å². The number of hydrogen-bond donors (Lipinski definition) is 2. The molecule has 1 atom stereocenters. The Morgan fingerprint density at radius 3 is 2.58 bits per heavy atom. The Morgan fingerprint density at radius 2 is 1.92 bits per heavy atom. The first-order valence-corrected chi connectivity index (χ1v) is 8.48. The maximum absolute atomic E-state index is 12.5. The highest BCUT2D eigenvalue weighted by atomic mass is 16.1. The number of carbonyl (C=O) groups is 1. The van der Waals surface area contributed by atoms with Crippen LogP contribution < -0.4 is 10.6 Å². The lowest BCUT2D eigenvalue weighted by Crippen LogP contribution is -2.35. The lowest BCUT2D eigenvalue weighted by atomic mass is 10.1. The number of nitrogens with zero attached hydrogens (tertiary/aromatic N) is 1. The van der Waals surface area contributed by atoms with Gasteiger partial charge in [0.15, 0.2) is 0 Å². The van der Waals surface area contributed by atoms with E-state index >= 15 is 0 Å². The highest BCUT2D eigenvalue weighted by Gasteiger charge is 2.28. The molecule has 0 radical (unpaired) electrons. The molecular formula is C20H25N3O. The summed E-state index contributed by atoms with van der Waals surface area (Å²) in [6, 6.07) is 12.0. The van der Waals surface area contributed by atoms with Crippen LogP contribution in [-0.4, -0.2) is 16.4 Å². The van der Waals surface area contributed by atoms with Gasteiger partial charge < -0.3 is 10.6 Å². The predicted octanol–water partition coefficient (Wildman–Crippen LogP) is 3.32. The maximum atomic E-state index is 12.5. The molecule has 1 aliphatic rings. The van der Waals surface area contributed by atoms with Crippen LogP contribution in [0, 0.1) is 5.92 Å². The summed E-state index contributed by atoms with van der Waals surface area (Å²) < 4.78 is 0. The molecule has 3 rings (SSSR count). The van der Waals surface area contributed by atoms with Gasteiger partial charge in [-0.05, 0) is 56.5 Å². The molecular weight excluding hydrogens is 298 g/mol. The second-order valence-corrected chi connectivity index (χ2v) is 7.50. The third kappa shape index (κ3) is 4.20. The second-order valence-electron chi connectivity index (χ2n) is 7.50. The first kappa shape index (κ1) is 16.7. The van der Waals surface area contributed by atoms with E-state index in [1.54, 1.807) is 6.20 Å². The zero-order valence-corrected chi connectivity index (χ0v) is 14.6. The average Bonchev–Trinajstić information content (AvgIpc) is 2.98. The number of fused-ring (bicyclic) bond motifs is 1. The van der Waals surface area contributed by atoms with E-state index in [2.05, 4.69) is 54.6 Å². The average molecular weight is 323 g/mol. The minimum absolute atomic E-state index is 0.0165. The lowest BCUT2D eigenvalue weighted by Gasteiger charge is -2.20. The number of amides is 1. The van der Waals surface area contributed by atoms with E-state index in [0.29, 0.717) is 0 Å². The van der Waals surface area contributed by atoms with E-state index in [9.17, 15) is 4.79 Å². The Labute approximate surface area is 143 Å². The summed E-state index contributed by atoms with van der Waals surface area (Å²) in [5.74, 6) is 0.0608. The Hall–Kier alpha value is -2.20. The highest BCUT2D eigenvalue weighted by Crippen LogP contribution is 2.25. The van der Waals surface area contributed by atoms with Crippen molar-refractivity contribution in [2.75, 3.05) is 5.32 Å².